The molecule has 1 aromatic carbocycles. The quantitative estimate of drug-likeness (QED) is 0.566. The minimum absolute atomic E-state index is 0.0213. The molecule has 0 saturated heterocycles. The highest BCUT2D eigenvalue weighted by Crippen LogP contribution is 2.04. The summed E-state index contributed by atoms with van der Waals surface area (Å²) in [6.45, 7) is 5.74. The third kappa shape index (κ3) is 1.11. The molecule has 1 aromatic rings. The highest BCUT2D eigenvalue weighted by molar-refractivity contribution is 6.05. The van der Waals surface area contributed by atoms with Crippen LogP contribution in [0.15, 0.2) is 29.4 Å². The summed E-state index contributed by atoms with van der Waals surface area (Å²) in [5.41, 5.74) is 1.65. The number of carbonyl (C=O) groups is 1. The van der Waals surface area contributed by atoms with Crippen molar-refractivity contribution < 1.29 is 4.79 Å². The van der Waals surface area contributed by atoms with E-state index in [1.54, 1.807) is 0 Å². The number of rotatable bonds is 0. The van der Waals surface area contributed by atoms with E-state index in [-0.39, 0.29) is 5.78 Å². The molecule has 0 aliphatic carbocycles. The van der Waals surface area contributed by atoms with Crippen LogP contribution in [-0.4, -0.2) is 5.78 Å². The molecule has 0 unspecified atom stereocenters. The minimum atomic E-state index is 0.0213. The zero-order valence-corrected chi connectivity index (χ0v) is 7.37. The van der Waals surface area contributed by atoms with Crippen LogP contribution in [0.1, 0.15) is 15.9 Å². The van der Waals surface area contributed by atoms with E-state index in [9.17, 15) is 4.79 Å². The average Bonchev–Trinajstić information content (AvgIpc) is 2.12. The number of ketones is 1. The lowest BCUT2D eigenvalue weighted by atomic mass is 10.0. The Kier molecular flexibility index (Phi) is 1.62. The number of allylic oxidation sites excluding steroid dienone is 1. The number of nitrogens with zero attached hydrogens (tertiary/aromatic N) is 1. The van der Waals surface area contributed by atoms with E-state index in [1.165, 1.54) is 12.3 Å². The maximum absolute atomic E-state index is 11.5. The Morgan fingerprint density at radius 1 is 1.38 bits per heavy atom. The first kappa shape index (κ1) is 7.92. The summed E-state index contributed by atoms with van der Waals surface area (Å²) in [7, 11) is 0. The Balaban J connectivity index is 2.98. The van der Waals surface area contributed by atoms with Crippen molar-refractivity contribution in [1.29, 1.82) is 0 Å². The Bertz CT molecular complexity index is 512. The minimum Gasteiger partial charge on any atom is -0.289 e. The van der Waals surface area contributed by atoms with Gasteiger partial charge in [-0.05, 0) is 17.7 Å². The van der Waals surface area contributed by atoms with Crippen LogP contribution in [0.3, 0.4) is 0 Å². The molecule has 0 spiro atoms. The molecule has 0 amide bonds. The molecule has 2 heteroatoms. The summed E-state index contributed by atoms with van der Waals surface area (Å²) in [6, 6.07) is 3.78. The van der Waals surface area contributed by atoms with E-state index < -0.39 is 0 Å². The molecule has 13 heavy (non-hydrogen) atoms. The largest absolute Gasteiger partial charge is 0.289 e. The Morgan fingerprint density at radius 2 is 2.15 bits per heavy atom. The van der Waals surface area contributed by atoms with Crippen LogP contribution in [0.5, 0.6) is 0 Å². The van der Waals surface area contributed by atoms with Crippen molar-refractivity contribution in [2.45, 2.75) is 6.92 Å². The lowest BCUT2D eigenvalue weighted by molar-refractivity contribution is 0.104. The van der Waals surface area contributed by atoms with Gasteiger partial charge in [-0.3, -0.25) is 9.79 Å². The van der Waals surface area contributed by atoms with E-state index in [0.29, 0.717) is 10.9 Å². The molecular formula is C11H9NO. The predicted molar refractivity (Wildman–Crippen MR) is 51.0 cm³/mol. The van der Waals surface area contributed by atoms with Gasteiger partial charge in [0.05, 0.1) is 10.9 Å². The normalized spacial score (nSPS) is 13.8. The van der Waals surface area contributed by atoms with Crippen LogP contribution in [0.25, 0.3) is 6.58 Å². The van der Waals surface area contributed by atoms with Crippen molar-refractivity contribution in [3.05, 3.63) is 46.1 Å². The third-order valence-corrected chi connectivity index (χ3v) is 2.15. The Morgan fingerprint density at radius 3 is 2.85 bits per heavy atom. The zero-order valence-electron chi connectivity index (χ0n) is 7.37. The second-order valence-electron chi connectivity index (χ2n) is 3.07. The second kappa shape index (κ2) is 2.66. The lowest BCUT2D eigenvalue weighted by Crippen LogP contribution is -2.32. The molecule has 0 bridgehead atoms. The monoisotopic (exact) mass is 171 g/mol. The van der Waals surface area contributed by atoms with Crippen LogP contribution in [-0.2, 0) is 0 Å². The standard InChI is InChI=1S/C11H9NO/c1-7-3-4-8(2)11-10(7)9(13)5-6-12-11/h3-6H,2H2,1H3. The maximum atomic E-state index is 11.5. The van der Waals surface area contributed by atoms with E-state index in [2.05, 4.69) is 11.6 Å². The molecule has 0 atom stereocenters. The number of hydrogen-bond acceptors (Lipinski definition) is 2. The van der Waals surface area contributed by atoms with Crippen molar-refractivity contribution in [2.24, 2.45) is 4.99 Å². The van der Waals surface area contributed by atoms with E-state index in [1.807, 2.05) is 19.1 Å². The lowest BCUT2D eigenvalue weighted by Gasteiger charge is -2.05. The highest BCUT2D eigenvalue weighted by Gasteiger charge is 2.11. The van der Waals surface area contributed by atoms with Gasteiger partial charge < -0.3 is 0 Å². The second-order valence-corrected chi connectivity index (χ2v) is 3.07. The number of carbonyl (C=O) groups excluding carboxylic acids is 1. The van der Waals surface area contributed by atoms with Gasteiger partial charge in [0.2, 0.25) is 0 Å². The van der Waals surface area contributed by atoms with Crippen molar-refractivity contribution in [1.82, 2.24) is 0 Å². The van der Waals surface area contributed by atoms with Crippen molar-refractivity contribution >= 4 is 12.4 Å². The summed E-state index contributed by atoms with van der Waals surface area (Å²) in [5.74, 6) is 0.0213. The van der Waals surface area contributed by atoms with Crippen molar-refractivity contribution in [2.75, 3.05) is 0 Å². The molecule has 0 aromatic heterocycles. The molecular weight excluding hydrogens is 162 g/mol. The van der Waals surface area contributed by atoms with Gasteiger partial charge in [-0.2, -0.15) is 0 Å². The summed E-state index contributed by atoms with van der Waals surface area (Å²) in [5, 5.41) is 1.52. The number of benzene rings is 1. The first-order valence-corrected chi connectivity index (χ1v) is 4.07. The molecule has 0 radical (unpaired) electrons. The molecule has 1 heterocycles. The van der Waals surface area contributed by atoms with Gasteiger partial charge in [0.1, 0.15) is 0 Å². The van der Waals surface area contributed by atoms with Crippen LogP contribution in [0.4, 0.5) is 0 Å². The fourth-order valence-electron chi connectivity index (χ4n) is 1.46. The molecule has 1 aliphatic rings. The van der Waals surface area contributed by atoms with Gasteiger partial charge in [0, 0.05) is 12.3 Å². The fraction of sp³-hybridized carbons (Fsp3) is 0.0909. The van der Waals surface area contributed by atoms with E-state index in [0.717, 1.165) is 10.8 Å². The summed E-state index contributed by atoms with van der Waals surface area (Å²) in [6.07, 6.45) is 3.01. The van der Waals surface area contributed by atoms with Gasteiger partial charge in [0.15, 0.2) is 5.78 Å². The van der Waals surface area contributed by atoms with Crippen LogP contribution in [0, 0.1) is 6.92 Å². The maximum Gasteiger partial charge on any atom is 0.189 e. The average molecular weight is 171 g/mol. The molecule has 0 N–H and O–H groups in total. The summed E-state index contributed by atoms with van der Waals surface area (Å²) in [4.78, 5) is 15.6. The van der Waals surface area contributed by atoms with E-state index in [4.69, 9.17) is 0 Å². The Labute approximate surface area is 75.9 Å². The smallest absolute Gasteiger partial charge is 0.189 e. The number of fused-ring (bicyclic) bond motifs is 1. The fourth-order valence-corrected chi connectivity index (χ4v) is 1.46. The van der Waals surface area contributed by atoms with Crippen LogP contribution >= 0.6 is 0 Å². The van der Waals surface area contributed by atoms with Gasteiger partial charge in [-0.15, -0.1) is 0 Å². The first-order valence-electron chi connectivity index (χ1n) is 4.07. The Hall–Kier alpha value is -1.70. The van der Waals surface area contributed by atoms with Crippen LogP contribution < -0.4 is 10.6 Å². The SMILES string of the molecule is C=c1ccc(C)c2c1=NC=CC2=O. The summed E-state index contributed by atoms with van der Waals surface area (Å²) >= 11 is 0. The van der Waals surface area contributed by atoms with Gasteiger partial charge in [0.25, 0.3) is 0 Å². The topological polar surface area (TPSA) is 29.4 Å². The predicted octanol–water partition coefficient (Wildman–Crippen LogP) is 0.735. The molecule has 64 valence electrons. The van der Waals surface area contributed by atoms with Crippen LogP contribution in [0.2, 0.25) is 0 Å². The molecule has 1 aliphatic heterocycles. The zero-order chi connectivity index (χ0) is 9.42. The molecule has 0 saturated carbocycles. The number of aryl methyl sites for hydroxylation is 1. The van der Waals surface area contributed by atoms with Crippen molar-refractivity contribution in [3.8, 4) is 0 Å². The molecule has 2 rings (SSSR count). The van der Waals surface area contributed by atoms with Gasteiger partial charge in [-0.25, -0.2) is 0 Å². The molecule has 0 fully saturated rings. The van der Waals surface area contributed by atoms with Gasteiger partial charge >= 0.3 is 0 Å². The first-order chi connectivity index (χ1) is 6.20. The third-order valence-electron chi connectivity index (χ3n) is 2.15. The molecule has 2 nitrogen and oxygen atoms in total. The van der Waals surface area contributed by atoms with E-state index >= 15 is 0 Å². The summed E-state index contributed by atoms with van der Waals surface area (Å²) < 4.78 is 0. The van der Waals surface area contributed by atoms with Gasteiger partial charge in [-0.1, -0.05) is 18.7 Å². The van der Waals surface area contributed by atoms with Crippen molar-refractivity contribution in [3.63, 3.8) is 0 Å². The highest BCUT2D eigenvalue weighted by atomic mass is 16.1. The number of hydrogen-bond donors (Lipinski definition) is 0.